The molecule has 9 heteroatoms. The van der Waals surface area contributed by atoms with Crippen molar-refractivity contribution in [2.45, 2.75) is 102 Å². The van der Waals surface area contributed by atoms with Gasteiger partial charge in [0.05, 0.1) is 17.8 Å². The molecule has 0 aliphatic rings. The summed E-state index contributed by atoms with van der Waals surface area (Å²) < 4.78 is 1.77. The summed E-state index contributed by atoms with van der Waals surface area (Å²) in [4.78, 5) is 33.2. The third-order valence-corrected chi connectivity index (χ3v) is 6.54. The molecule has 0 spiro atoms. The minimum absolute atomic E-state index is 0.133. The first-order valence-corrected chi connectivity index (χ1v) is 17.6. The number of thiazole rings is 1. The molecule has 0 atom stereocenters. The number of carbonyl (C=O) groups is 2. The summed E-state index contributed by atoms with van der Waals surface area (Å²) in [5.74, 6) is 0.200. The smallest absolute Gasteiger partial charge is 0.253 e. The zero-order chi connectivity index (χ0) is 34.9. The molecule has 1 aromatic carbocycles. The second kappa shape index (κ2) is 25.5. The van der Waals surface area contributed by atoms with Crippen LogP contribution in [0.1, 0.15) is 104 Å². The van der Waals surface area contributed by atoms with Gasteiger partial charge in [-0.25, -0.2) is 4.98 Å². The summed E-state index contributed by atoms with van der Waals surface area (Å²) in [5, 5.41) is 7.74. The van der Waals surface area contributed by atoms with Crippen molar-refractivity contribution in [2.75, 3.05) is 11.9 Å². The van der Waals surface area contributed by atoms with Crippen LogP contribution in [0.4, 0.5) is 5.13 Å². The van der Waals surface area contributed by atoms with Gasteiger partial charge in [-0.05, 0) is 54.4 Å². The minimum Gasteiger partial charge on any atom is -0.402 e. The summed E-state index contributed by atoms with van der Waals surface area (Å²) in [7, 11) is 1.83. The first-order valence-electron chi connectivity index (χ1n) is 16.7. The maximum atomic E-state index is 12.2. The van der Waals surface area contributed by atoms with E-state index in [4.69, 9.17) is 0 Å². The predicted octanol–water partition coefficient (Wildman–Crippen LogP) is 10.2. The van der Waals surface area contributed by atoms with Crippen molar-refractivity contribution in [1.29, 1.82) is 0 Å². The van der Waals surface area contributed by atoms with Crippen molar-refractivity contribution in [3.8, 4) is 22.4 Å². The molecule has 0 fully saturated rings. The zero-order valence-electron chi connectivity index (χ0n) is 30.1. The number of nitrogens with zero attached hydrogens (tertiary/aromatic N) is 3. The number of hydrogen-bond acceptors (Lipinski definition) is 5. The van der Waals surface area contributed by atoms with Crippen molar-refractivity contribution in [2.24, 2.45) is 5.92 Å². The fraction of sp³-hybridized carbons (Fsp3) is 0.459. The van der Waals surface area contributed by atoms with Gasteiger partial charge >= 0.3 is 0 Å². The molecule has 1 radical (unpaired) electrons. The molecule has 0 saturated carbocycles. The number of pyridine rings is 1. The van der Waals surface area contributed by atoms with E-state index >= 15 is 0 Å². The van der Waals surface area contributed by atoms with Crippen LogP contribution >= 0.6 is 11.3 Å². The van der Waals surface area contributed by atoms with E-state index in [0.29, 0.717) is 10.7 Å². The van der Waals surface area contributed by atoms with Gasteiger partial charge in [-0.1, -0.05) is 113 Å². The highest BCUT2D eigenvalue weighted by Crippen LogP contribution is 2.29. The van der Waals surface area contributed by atoms with E-state index in [9.17, 15) is 9.59 Å². The van der Waals surface area contributed by atoms with E-state index in [2.05, 4.69) is 61.3 Å². The van der Waals surface area contributed by atoms with Crippen LogP contribution < -0.4 is 10.6 Å². The molecule has 2 amide bonds. The predicted molar refractivity (Wildman–Crippen MR) is 201 cm³/mol. The number of nitrogens with one attached hydrogen (secondary N) is 2. The molecule has 4 aromatic rings. The Labute approximate surface area is 283 Å². The number of carbonyl (C=O) groups excluding carboxylic acids is 2. The largest absolute Gasteiger partial charge is 0.402 e. The number of aryl methyl sites for hydroxylation is 1. The van der Waals surface area contributed by atoms with E-state index in [1.807, 2.05) is 84.6 Å². The molecule has 251 valence electrons. The van der Waals surface area contributed by atoms with Crippen LogP contribution in [0.25, 0.3) is 22.4 Å². The standard InChI is InChI=1S/C23H21BN5O2S.C6H14.C4H10.2C2H6/c1-15-10-17(6-8-25-15)16-4-3-5-18(11-16)20-14-32-23(27-20)28-21(30)12-26-22(31)19-7-9-29(13-19)24-2;1-3-5-6-4-2;1-4(2)3;2*1-2/h3-11,13-14H,12H2,1-2H3,(H,26,31)(H,27,28,30);3-6H2,1-2H3;4H,1-3H3;2*1-2H3. The average molecular weight is 647 g/mol. The number of benzene rings is 1. The third-order valence-electron chi connectivity index (χ3n) is 5.78. The molecule has 0 unspecified atom stereocenters. The molecule has 4 rings (SSSR count). The van der Waals surface area contributed by atoms with Crippen molar-refractivity contribution >= 4 is 35.7 Å². The van der Waals surface area contributed by atoms with Crippen LogP contribution in [-0.2, 0) is 4.79 Å². The maximum absolute atomic E-state index is 12.2. The van der Waals surface area contributed by atoms with Crippen LogP contribution in [0.3, 0.4) is 0 Å². The highest BCUT2D eigenvalue weighted by Gasteiger charge is 2.12. The fourth-order valence-corrected chi connectivity index (χ4v) is 4.42. The monoisotopic (exact) mass is 646 g/mol. The molecule has 0 bridgehead atoms. The minimum atomic E-state index is -0.332. The number of amides is 2. The average Bonchev–Trinajstić information content (AvgIpc) is 3.75. The number of rotatable bonds is 10. The Balaban J connectivity index is 0.00000123. The summed E-state index contributed by atoms with van der Waals surface area (Å²) in [5.41, 5.74) is 5.35. The number of hydrogen-bond donors (Lipinski definition) is 2. The van der Waals surface area contributed by atoms with Crippen molar-refractivity contribution in [1.82, 2.24) is 19.8 Å². The molecule has 3 aromatic heterocycles. The number of anilines is 1. The van der Waals surface area contributed by atoms with Gasteiger partial charge in [0.15, 0.2) is 5.13 Å². The van der Waals surface area contributed by atoms with Crippen LogP contribution in [0, 0.1) is 12.8 Å². The topological polar surface area (TPSA) is 88.9 Å². The van der Waals surface area contributed by atoms with E-state index in [1.165, 1.54) is 37.0 Å². The van der Waals surface area contributed by atoms with Crippen LogP contribution in [0.15, 0.2) is 66.4 Å². The van der Waals surface area contributed by atoms with Crippen molar-refractivity contribution in [3.63, 3.8) is 0 Å². The maximum Gasteiger partial charge on any atom is 0.253 e. The lowest BCUT2D eigenvalue weighted by Gasteiger charge is -2.05. The Morgan fingerprint density at radius 3 is 2.11 bits per heavy atom. The van der Waals surface area contributed by atoms with Crippen LogP contribution in [-0.4, -0.2) is 40.2 Å². The van der Waals surface area contributed by atoms with Gasteiger partial charge in [-0.3, -0.25) is 14.6 Å². The Bertz CT molecular complexity index is 1380. The first kappa shape index (κ1) is 42.3. The Hall–Kier alpha value is -3.72. The molecule has 7 nitrogen and oxygen atoms in total. The molecule has 0 aliphatic heterocycles. The first-order chi connectivity index (χ1) is 22.2. The summed E-state index contributed by atoms with van der Waals surface area (Å²) in [6, 6.07) is 13.8. The molecule has 0 aliphatic carbocycles. The Morgan fingerprint density at radius 2 is 1.54 bits per heavy atom. The summed E-state index contributed by atoms with van der Waals surface area (Å²) >= 11 is 1.34. The molecule has 0 saturated heterocycles. The van der Waals surface area contributed by atoms with E-state index in [-0.39, 0.29) is 18.4 Å². The normalized spacial score (nSPS) is 9.57. The zero-order valence-corrected chi connectivity index (χ0v) is 30.9. The van der Waals surface area contributed by atoms with Gasteiger partial charge in [-0.2, -0.15) is 0 Å². The van der Waals surface area contributed by atoms with E-state index < -0.39 is 0 Å². The highest BCUT2D eigenvalue weighted by molar-refractivity contribution is 7.14. The molecular formula is C37H57BN5O2S. The number of aromatic nitrogens is 3. The van der Waals surface area contributed by atoms with Crippen molar-refractivity contribution in [3.05, 3.63) is 77.7 Å². The summed E-state index contributed by atoms with van der Waals surface area (Å²) in [6.07, 6.45) is 10.8. The second-order valence-electron chi connectivity index (χ2n) is 10.6. The molecule has 46 heavy (non-hydrogen) atoms. The summed E-state index contributed by atoms with van der Waals surface area (Å²) in [6.45, 7) is 22.7. The van der Waals surface area contributed by atoms with Crippen molar-refractivity contribution < 1.29 is 9.59 Å². The van der Waals surface area contributed by atoms with E-state index in [1.54, 1.807) is 29.1 Å². The lowest BCUT2D eigenvalue weighted by atomic mass is 10.0. The van der Waals surface area contributed by atoms with E-state index in [0.717, 1.165) is 34.0 Å². The Morgan fingerprint density at radius 1 is 0.935 bits per heavy atom. The SMILES string of the molecule is CC.CC.CC(C)C.CCCCCC.C[B]n1ccc(C(=O)NCC(=O)Nc2nc(-c3cccc(-c4ccnc(C)c4)c3)cs2)c1. The van der Waals surface area contributed by atoms with Gasteiger partial charge in [0.1, 0.15) is 0 Å². The highest BCUT2D eigenvalue weighted by atomic mass is 32.1. The molecule has 3 heterocycles. The van der Waals surface area contributed by atoms with Crippen LogP contribution in [0.2, 0.25) is 6.82 Å². The van der Waals surface area contributed by atoms with Gasteiger partial charge in [0.25, 0.3) is 5.91 Å². The second-order valence-corrected chi connectivity index (χ2v) is 11.4. The number of unbranched alkanes of at least 4 members (excludes halogenated alkanes) is 3. The quantitative estimate of drug-likeness (QED) is 0.133. The van der Waals surface area contributed by atoms with Gasteiger partial charge in [-0.15, -0.1) is 11.3 Å². The molecular weight excluding hydrogens is 589 g/mol. The third kappa shape index (κ3) is 17.1. The fourth-order valence-electron chi connectivity index (χ4n) is 3.68. The lowest BCUT2D eigenvalue weighted by Crippen LogP contribution is -2.32. The Kier molecular flexibility index (Phi) is 23.4. The lowest BCUT2D eigenvalue weighted by molar-refractivity contribution is -0.115. The van der Waals surface area contributed by atoms with Gasteiger partial charge < -0.3 is 15.1 Å². The van der Waals surface area contributed by atoms with Crippen LogP contribution in [0.5, 0.6) is 0 Å². The molecule has 2 N–H and O–H groups in total. The van der Waals surface area contributed by atoms with Gasteiger partial charge in [0.2, 0.25) is 13.3 Å². The van der Waals surface area contributed by atoms with Gasteiger partial charge in [0, 0.05) is 29.0 Å².